The zero-order valence-corrected chi connectivity index (χ0v) is 16.1. The molecule has 2 aromatic carbocycles. The van der Waals surface area contributed by atoms with E-state index in [0.717, 1.165) is 4.90 Å². The molecule has 0 spiro atoms. The maximum Gasteiger partial charge on any atom is 0.339 e. The number of carbonyl (C=O) groups excluding carboxylic acids is 4. The second-order valence-electron chi connectivity index (χ2n) is 6.70. The summed E-state index contributed by atoms with van der Waals surface area (Å²) in [5.41, 5.74) is 0.959. The highest BCUT2D eigenvalue weighted by Gasteiger charge is 2.36. The number of esters is 1. The van der Waals surface area contributed by atoms with Crippen molar-refractivity contribution in [2.45, 2.75) is 6.10 Å². The maximum atomic E-state index is 12.7. The molecule has 1 unspecified atom stereocenters. The number of likely N-dealkylation sites (N-methyl/N-ethyl adjacent to an activating group) is 1. The molecule has 0 bridgehead atoms. The second kappa shape index (κ2) is 8.10. The predicted octanol–water partition coefficient (Wildman–Crippen LogP) is 2.45. The smallest absolute Gasteiger partial charge is 0.339 e. The van der Waals surface area contributed by atoms with Crippen LogP contribution in [0.4, 0.5) is 0 Å². The largest absolute Gasteiger partial charge is 0.444 e. The number of benzene rings is 2. The van der Waals surface area contributed by atoms with Gasteiger partial charge in [0.1, 0.15) is 0 Å². The SMILES string of the molecule is C=CCN1C(=O)c2ccc(C(=O)OC(C(=O)N(C)C)c3ccccc3)cc2C1=O. The van der Waals surface area contributed by atoms with Gasteiger partial charge in [0.05, 0.1) is 16.7 Å². The van der Waals surface area contributed by atoms with Crippen LogP contribution in [0.3, 0.4) is 0 Å². The van der Waals surface area contributed by atoms with Gasteiger partial charge in [0, 0.05) is 26.2 Å². The zero-order valence-electron chi connectivity index (χ0n) is 16.1. The van der Waals surface area contributed by atoms with Gasteiger partial charge in [-0.05, 0) is 18.2 Å². The summed E-state index contributed by atoms with van der Waals surface area (Å²) >= 11 is 0. The summed E-state index contributed by atoms with van der Waals surface area (Å²) in [5, 5.41) is 0. The molecule has 1 aliphatic rings. The van der Waals surface area contributed by atoms with Crippen molar-refractivity contribution in [3.05, 3.63) is 83.4 Å². The van der Waals surface area contributed by atoms with E-state index in [4.69, 9.17) is 4.74 Å². The summed E-state index contributed by atoms with van der Waals surface area (Å²) in [4.78, 5) is 52.4. The van der Waals surface area contributed by atoms with Crippen LogP contribution in [0.2, 0.25) is 0 Å². The van der Waals surface area contributed by atoms with Crippen molar-refractivity contribution in [2.75, 3.05) is 20.6 Å². The molecule has 0 radical (unpaired) electrons. The number of carbonyl (C=O) groups is 4. The first-order valence-corrected chi connectivity index (χ1v) is 8.93. The molecule has 0 saturated heterocycles. The van der Waals surface area contributed by atoms with Gasteiger partial charge >= 0.3 is 5.97 Å². The van der Waals surface area contributed by atoms with Gasteiger partial charge in [-0.25, -0.2) is 4.79 Å². The van der Waals surface area contributed by atoms with E-state index in [0.29, 0.717) is 5.56 Å². The van der Waals surface area contributed by atoms with E-state index in [1.165, 1.54) is 29.2 Å². The Bertz CT molecular complexity index is 998. The summed E-state index contributed by atoms with van der Waals surface area (Å²) in [7, 11) is 3.14. The van der Waals surface area contributed by atoms with Gasteiger partial charge in [0.15, 0.2) is 0 Å². The summed E-state index contributed by atoms with van der Waals surface area (Å²) in [6.45, 7) is 3.62. The van der Waals surface area contributed by atoms with Crippen LogP contribution >= 0.6 is 0 Å². The molecule has 3 rings (SSSR count). The van der Waals surface area contributed by atoms with Crippen LogP contribution in [-0.2, 0) is 9.53 Å². The number of hydrogen-bond donors (Lipinski definition) is 0. The summed E-state index contributed by atoms with van der Waals surface area (Å²) in [6, 6.07) is 12.8. The van der Waals surface area contributed by atoms with E-state index in [-0.39, 0.29) is 23.2 Å². The van der Waals surface area contributed by atoms with Crippen molar-refractivity contribution < 1.29 is 23.9 Å². The number of ether oxygens (including phenoxy) is 1. The molecule has 1 heterocycles. The average Bonchev–Trinajstić information content (AvgIpc) is 2.96. The molecule has 1 aliphatic heterocycles. The van der Waals surface area contributed by atoms with Crippen molar-refractivity contribution in [2.24, 2.45) is 0 Å². The van der Waals surface area contributed by atoms with Crippen LogP contribution in [0.25, 0.3) is 0 Å². The summed E-state index contributed by atoms with van der Waals surface area (Å²) in [5.74, 6) is -2.09. The monoisotopic (exact) mass is 392 g/mol. The molecular weight excluding hydrogens is 372 g/mol. The average molecular weight is 392 g/mol. The zero-order chi connectivity index (χ0) is 21.1. The third kappa shape index (κ3) is 3.80. The van der Waals surface area contributed by atoms with Crippen molar-refractivity contribution in [1.29, 1.82) is 0 Å². The van der Waals surface area contributed by atoms with Crippen LogP contribution in [0.5, 0.6) is 0 Å². The summed E-state index contributed by atoms with van der Waals surface area (Å²) in [6.07, 6.45) is 0.329. The molecule has 0 fully saturated rings. The second-order valence-corrected chi connectivity index (χ2v) is 6.70. The molecule has 7 heteroatoms. The molecular formula is C22H20N2O5. The van der Waals surface area contributed by atoms with E-state index in [1.54, 1.807) is 44.4 Å². The Kier molecular flexibility index (Phi) is 5.59. The van der Waals surface area contributed by atoms with E-state index < -0.39 is 29.8 Å². The molecule has 29 heavy (non-hydrogen) atoms. The highest BCUT2D eigenvalue weighted by Crippen LogP contribution is 2.26. The third-order valence-corrected chi connectivity index (χ3v) is 4.51. The Hall–Kier alpha value is -3.74. The fraction of sp³-hybridized carbons (Fsp3) is 0.182. The van der Waals surface area contributed by atoms with E-state index in [1.807, 2.05) is 0 Å². The van der Waals surface area contributed by atoms with Crippen molar-refractivity contribution in [3.8, 4) is 0 Å². The number of amides is 3. The summed E-state index contributed by atoms with van der Waals surface area (Å²) < 4.78 is 5.49. The Labute approximate surface area is 168 Å². The van der Waals surface area contributed by atoms with Crippen LogP contribution in [0.1, 0.15) is 42.7 Å². The van der Waals surface area contributed by atoms with Gasteiger partial charge < -0.3 is 9.64 Å². The van der Waals surface area contributed by atoms with Crippen molar-refractivity contribution in [3.63, 3.8) is 0 Å². The van der Waals surface area contributed by atoms with Crippen LogP contribution < -0.4 is 0 Å². The van der Waals surface area contributed by atoms with Crippen LogP contribution in [-0.4, -0.2) is 54.1 Å². The Balaban J connectivity index is 1.89. The maximum absolute atomic E-state index is 12.7. The first-order chi connectivity index (χ1) is 13.8. The number of fused-ring (bicyclic) bond motifs is 1. The lowest BCUT2D eigenvalue weighted by atomic mass is 10.1. The minimum Gasteiger partial charge on any atom is -0.444 e. The Morgan fingerprint density at radius 1 is 1.07 bits per heavy atom. The molecule has 0 aromatic heterocycles. The molecule has 1 atom stereocenters. The van der Waals surface area contributed by atoms with Crippen LogP contribution in [0.15, 0.2) is 61.2 Å². The fourth-order valence-electron chi connectivity index (χ4n) is 3.01. The highest BCUT2D eigenvalue weighted by atomic mass is 16.5. The molecule has 0 N–H and O–H groups in total. The van der Waals surface area contributed by atoms with Gasteiger partial charge in [-0.1, -0.05) is 36.4 Å². The molecule has 3 amide bonds. The van der Waals surface area contributed by atoms with E-state index in [2.05, 4.69) is 6.58 Å². The highest BCUT2D eigenvalue weighted by molar-refractivity contribution is 6.22. The molecule has 0 saturated carbocycles. The van der Waals surface area contributed by atoms with E-state index >= 15 is 0 Å². The van der Waals surface area contributed by atoms with Crippen molar-refractivity contribution in [1.82, 2.24) is 9.80 Å². The first kappa shape index (κ1) is 20.0. The van der Waals surface area contributed by atoms with Gasteiger partial charge in [-0.3, -0.25) is 19.3 Å². The van der Waals surface area contributed by atoms with Crippen molar-refractivity contribution >= 4 is 23.7 Å². The number of hydrogen-bond acceptors (Lipinski definition) is 5. The molecule has 0 aliphatic carbocycles. The van der Waals surface area contributed by atoms with Gasteiger partial charge in [0.25, 0.3) is 17.7 Å². The lowest BCUT2D eigenvalue weighted by Gasteiger charge is -2.21. The molecule has 2 aromatic rings. The van der Waals surface area contributed by atoms with Gasteiger partial charge in [0.2, 0.25) is 6.10 Å². The quantitative estimate of drug-likeness (QED) is 0.428. The van der Waals surface area contributed by atoms with Gasteiger partial charge in [-0.2, -0.15) is 0 Å². The van der Waals surface area contributed by atoms with E-state index in [9.17, 15) is 19.2 Å². The normalized spacial score (nSPS) is 13.7. The number of rotatable bonds is 6. The number of nitrogens with zero attached hydrogens (tertiary/aromatic N) is 2. The van der Waals surface area contributed by atoms with Gasteiger partial charge in [-0.15, -0.1) is 6.58 Å². The lowest BCUT2D eigenvalue weighted by Crippen LogP contribution is -2.31. The minimum atomic E-state index is -1.12. The molecule has 7 nitrogen and oxygen atoms in total. The Morgan fingerprint density at radius 2 is 1.72 bits per heavy atom. The lowest BCUT2D eigenvalue weighted by molar-refractivity contribution is -0.138. The predicted molar refractivity (Wildman–Crippen MR) is 105 cm³/mol. The third-order valence-electron chi connectivity index (χ3n) is 4.51. The minimum absolute atomic E-state index is 0.0813. The topological polar surface area (TPSA) is 84.0 Å². The Morgan fingerprint density at radius 3 is 2.34 bits per heavy atom. The van der Waals surface area contributed by atoms with Crippen LogP contribution in [0, 0.1) is 0 Å². The standard InChI is InChI=1S/C22H20N2O5/c1-4-12-24-19(25)16-11-10-15(13-17(16)20(24)26)22(28)29-18(21(27)23(2)3)14-8-6-5-7-9-14/h4-11,13,18H,1,12H2,2-3H3. The first-order valence-electron chi connectivity index (χ1n) is 8.93. The number of imide groups is 1. The molecule has 148 valence electrons. The fourth-order valence-corrected chi connectivity index (χ4v) is 3.01.